The monoisotopic (exact) mass is 559 g/mol. The second-order valence-corrected chi connectivity index (χ2v) is 9.07. The quantitative estimate of drug-likeness (QED) is 0.220. The zero-order chi connectivity index (χ0) is 29.9. The van der Waals surface area contributed by atoms with E-state index in [-0.39, 0.29) is 28.9 Å². The number of hydrogen-bond donors (Lipinski definition) is 2. The van der Waals surface area contributed by atoms with E-state index in [1.807, 2.05) is 40.7 Å². The first kappa shape index (κ1) is 31.1. The molecule has 1 aliphatic rings. The Morgan fingerprint density at radius 1 is 0.927 bits per heavy atom. The third-order valence-corrected chi connectivity index (χ3v) is 6.72. The predicted octanol–water partition coefficient (Wildman–Crippen LogP) is 8.88. The highest BCUT2D eigenvalue weighted by molar-refractivity contribution is 6.04. The summed E-state index contributed by atoms with van der Waals surface area (Å²) in [5.74, 6) is 1.15. The fourth-order valence-corrected chi connectivity index (χ4v) is 4.86. The molecule has 1 heterocycles. The zero-order valence-electron chi connectivity index (χ0n) is 25.0. The third-order valence-electron chi connectivity index (χ3n) is 6.72. The van der Waals surface area contributed by atoms with Crippen molar-refractivity contribution in [1.29, 1.82) is 0 Å². The lowest BCUT2D eigenvalue weighted by Crippen LogP contribution is -2.12. The minimum absolute atomic E-state index is 0.0325. The molecule has 0 saturated heterocycles. The van der Waals surface area contributed by atoms with E-state index in [4.69, 9.17) is 18.6 Å². The fourth-order valence-electron chi connectivity index (χ4n) is 4.86. The Labute approximate surface area is 243 Å². The zero-order valence-corrected chi connectivity index (χ0v) is 25.0. The van der Waals surface area contributed by atoms with Gasteiger partial charge in [-0.05, 0) is 60.6 Å². The number of carbonyl (C=O) groups excluding carboxylic acids is 1. The van der Waals surface area contributed by atoms with Gasteiger partial charge in [0.25, 0.3) is 11.9 Å². The van der Waals surface area contributed by atoms with Gasteiger partial charge in [0.2, 0.25) is 0 Å². The molecule has 7 heteroatoms. The highest BCUT2D eigenvalue weighted by Gasteiger charge is 2.24. The molecule has 1 atom stereocenters. The normalized spacial score (nSPS) is 13.4. The predicted molar refractivity (Wildman–Crippen MR) is 163 cm³/mol. The first-order chi connectivity index (χ1) is 20.0. The number of rotatable bonds is 7. The van der Waals surface area contributed by atoms with Crippen LogP contribution in [-0.4, -0.2) is 25.2 Å². The van der Waals surface area contributed by atoms with Crippen LogP contribution in [0.25, 0.3) is 0 Å². The standard InChI is InChI=1S/C30H29NO6.2C2H6/c1-18-14-20-10-7-11-22(19-8-5-4-6-9-19)23(20)17-26(18)37-28-13-12-25(36-28)30(33)31-29-24(32)15-21(34-2)16-27(29)35-3;2*1-2/h4-6,8-9,12-17,22,32H,7,10-11H2,1-3H3,(H,31,33);2*1-2H3. The number of phenols is 1. The molecule has 5 rings (SSSR count). The highest BCUT2D eigenvalue weighted by atomic mass is 16.6. The molecule has 0 fully saturated rings. The van der Waals surface area contributed by atoms with Crippen molar-refractivity contribution in [3.05, 3.63) is 94.7 Å². The van der Waals surface area contributed by atoms with Crippen molar-refractivity contribution in [2.24, 2.45) is 0 Å². The van der Waals surface area contributed by atoms with Gasteiger partial charge in [-0.25, -0.2) is 0 Å². The van der Waals surface area contributed by atoms with E-state index in [1.165, 1.54) is 43.0 Å². The molecule has 0 radical (unpaired) electrons. The van der Waals surface area contributed by atoms with Gasteiger partial charge in [-0.1, -0.05) is 64.1 Å². The van der Waals surface area contributed by atoms with Crippen LogP contribution in [0, 0.1) is 6.92 Å². The molecule has 0 saturated carbocycles. The minimum Gasteiger partial charge on any atom is -0.505 e. The summed E-state index contributed by atoms with van der Waals surface area (Å²) >= 11 is 0. The number of benzene rings is 3. The smallest absolute Gasteiger partial charge is 0.291 e. The van der Waals surface area contributed by atoms with Gasteiger partial charge in [0.15, 0.2) is 5.76 Å². The van der Waals surface area contributed by atoms with E-state index in [9.17, 15) is 9.90 Å². The van der Waals surface area contributed by atoms with Gasteiger partial charge in [0.1, 0.15) is 28.7 Å². The van der Waals surface area contributed by atoms with Gasteiger partial charge in [0, 0.05) is 24.1 Å². The van der Waals surface area contributed by atoms with Crippen LogP contribution in [0.2, 0.25) is 0 Å². The van der Waals surface area contributed by atoms with Gasteiger partial charge < -0.3 is 29.1 Å². The molecule has 1 amide bonds. The van der Waals surface area contributed by atoms with Crippen molar-refractivity contribution in [3.8, 4) is 28.9 Å². The van der Waals surface area contributed by atoms with Crippen molar-refractivity contribution < 1.29 is 28.5 Å². The Morgan fingerprint density at radius 3 is 2.34 bits per heavy atom. The van der Waals surface area contributed by atoms with Crippen molar-refractivity contribution >= 4 is 11.6 Å². The maximum Gasteiger partial charge on any atom is 0.291 e. The lowest BCUT2D eigenvalue weighted by Gasteiger charge is -2.27. The van der Waals surface area contributed by atoms with E-state index in [0.717, 1.165) is 24.8 Å². The van der Waals surface area contributed by atoms with Crippen LogP contribution in [-0.2, 0) is 6.42 Å². The number of hydrogen-bond acceptors (Lipinski definition) is 6. The van der Waals surface area contributed by atoms with Gasteiger partial charge in [0.05, 0.1) is 14.2 Å². The van der Waals surface area contributed by atoms with Crippen LogP contribution in [0.15, 0.2) is 71.1 Å². The number of ether oxygens (including phenoxy) is 3. The average molecular weight is 560 g/mol. The average Bonchev–Trinajstić information content (AvgIpc) is 3.49. The number of nitrogens with one attached hydrogen (secondary N) is 1. The summed E-state index contributed by atoms with van der Waals surface area (Å²) in [4.78, 5) is 12.9. The first-order valence-corrected chi connectivity index (χ1v) is 14.2. The number of methoxy groups -OCH3 is 2. The molecule has 4 aromatic rings. The number of fused-ring (bicyclic) bond motifs is 1. The Bertz CT molecular complexity index is 1430. The summed E-state index contributed by atoms with van der Waals surface area (Å²) in [5, 5.41) is 13.0. The molecular weight excluding hydrogens is 518 g/mol. The molecule has 0 bridgehead atoms. The van der Waals surface area contributed by atoms with Crippen molar-refractivity contribution in [3.63, 3.8) is 0 Å². The van der Waals surface area contributed by atoms with Gasteiger partial charge in [-0.3, -0.25) is 4.79 Å². The number of anilines is 1. The van der Waals surface area contributed by atoms with Crippen molar-refractivity contribution in [2.45, 2.75) is 59.8 Å². The molecule has 218 valence electrons. The van der Waals surface area contributed by atoms with E-state index in [2.05, 4.69) is 41.7 Å². The molecule has 7 nitrogen and oxygen atoms in total. The third kappa shape index (κ3) is 7.23. The minimum atomic E-state index is -0.556. The van der Waals surface area contributed by atoms with Crippen LogP contribution in [0.5, 0.6) is 28.9 Å². The fraction of sp³-hybridized carbons (Fsp3) is 0.324. The molecule has 1 unspecified atom stereocenters. The maximum atomic E-state index is 12.9. The number of aryl methyl sites for hydroxylation is 2. The van der Waals surface area contributed by atoms with Crippen molar-refractivity contribution in [2.75, 3.05) is 19.5 Å². The molecule has 41 heavy (non-hydrogen) atoms. The molecule has 0 aliphatic heterocycles. The van der Waals surface area contributed by atoms with Crippen LogP contribution < -0.4 is 19.5 Å². The Kier molecular flexibility index (Phi) is 11.3. The van der Waals surface area contributed by atoms with Gasteiger partial charge >= 0.3 is 0 Å². The molecule has 1 aromatic heterocycles. The molecule has 3 aromatic carbocycles. The lowest BCUT2D eigenvalue weighted by molar-refractivity contribution is 0.0991. The lowest BCUT2D eigenvalue weighted by atomic mass is 9.78. The van der Waals surface area contributed by atoms with Crippen LogP contribution >= 0.6 is 0 Å². The van der Waals surface area contributed by atoms with Crippen LogP contribution in [0.4, 0.5) is 5.69 Å². The number of carbonyl (C=O) groups is 1. The van der Waals surface area contributed by atoms with Crippen LogP contribution in [0.3, 0.4) is 0 Å². The van der Waals surface area contributed by atoms with Gasteiger partial charge in [-0.2, -0.15) is 0 Å². The first-order valence-electron chi connectivity index (χ1n) is 14.2. The highest BCUT2D eigenvalue weighted by Crippen LogP contribution is 2.41. The summed E-state index contributed by atoms with van der Waals surface area (Å²) in [5.41, 5.74) is 5.03. The SMILES string of the molecule is CC.CC.COc1cc(O)c(NC(=O)c2ccc(Oc3cc4c(cc3C)CCCC4c3ccccc3)o2)c(OC)c1. The largest absolute Gasteiger partial charge is 0.505 e. The van der Waals surface area contributed by atoms with Crippen molar-refractivity contribution in [1.82, 2.24) is 0 Å². The molecule has 0 spiro atoms. The molecule has 2 N–H and O–H groups in total. The summed E-state index contributed by atoms with van der Waals surface area (Å²) in [6.07, 6.45) is 3.29. The second-order valence-electron chi connectivity index (χ2n) is 9.07. The Hall–Kier alpha value is -4.39. The topological polar surface area (TPSA) is 90.2 Å². The van der Waals surface area contributed by atoms with E-state index < -0.39 is 5.91 Å². The Balaban J connectivity index is 0.00000111. The van der Waals surface area contributed by atoms with E-state index in [1.54, 1.807) is 12.1 Å². The van der Waals surface area contributed by atoms with Gasteiger partial charge in [-0.15, -0.1) is 0 Å². The molecular formula is C34H41NO6. The summed E-state index contributed by atoms with van der Waals surface area (Å²) < 4.78 is 22.2. The number of aromatic hydroxyl groups is 1. The Morgan fingerprint density at radius 2 is 1.66 bits per heavy atom. The molecule has 1 aliphatic carbocycles. The van der Waals surface area contributed by atoms with E-state index in [0.29, 0.717) is 17.4 Å². The summed E-state index contributed by atoms with van der Waals surface area (Å²) in [6, 6.07) is 20.9. The number of phenolic OH excluding ortho intramolecular Hbond substituents is 1. The number of amides is 1. The summed E-state index contributed by atoms with van der Waals surface area (Å²) in [6.45, 7) is 10.0. The number of furan rings is 1. The second kappa shape index (κ2) is 14.8. The maximum absolute atomic E-state index is 12.9. The summed E-state index contributed by atoms with van der Waals surface area (Å²) in [7, 11) is 2.91. The van der Waals surface area contributed by atoms with Crippen LogP contribution in [0.1, 0.15) is 79.3 Å². The van der Waals surface area contributed by atoms with E-state index >= 15 is 0 Å².